The molecule has 0 atom stereocenters. The molecule has 0 saturated heterocycles. The van der Waals surface area contributed by atoms with E-state index in [4.69, 9.17) is 9.47 Å². The van der Waals surface area contributed by atoms with Crippen LogP contribution in [0.2, 0.25) is 0 Å². The van der Waals surface area contributed by atoms with Crippen molar-refractivity contribution in [2.24, 2.45) is 0 Å². The molecule has 10 heteroatoms. The topological polar surface area (TPSA) is 114 Å². The van der Waals surface area contributed by atoms with Crippen LogP contribution in [0.25, 0.3) is 6.08 Å². The van der Waals surface area contributed by atoms with Crippen LogP contribution in [0, 0.1) is 25.0 Å². The molecule has 0 bridgehead atoms. The maximum atomic E-state index is 12.7. The summed E-state index contributed by atoms with van der Waals surface area (Å²) in [6, 6.07) is 18.6. The quantitative estimate of drug-likeness (QED) is 0.0934. The Labute approximate surface area is 224 Å². The van der Waals surface area contributed by atoms with Gasteiger partial charge < -0.3 is 14.8 Å². The molecular formula is C25H19BrIN3O5. The van der Waals surface area contributed by atoms with Gasteiger partial charge in [-0.15, -0.1) is 0 Å². The number of nitro benzene ring substituents is 1. The third-order valence-corrected chi connectivity index (χ3v) is 5.99. The molecule has 0 saturated carbocycles. The van der Waals surface area contributed by atoms with E-state index in [0.717, 1.165) is 3.57 Å². The monoisotopic (exact) mass is 647 g/mol. The number of halogens is 2. The lowest BCUT2D eigenvalue weighted by Crippen LogP contribution is -2.13. The van der Waals surface area contributed by atoms with E-state index in [1.54, 1.807) is 48.5 Å². The van der Waals surface area contributed by atoms with Gasteiger partial charge in [-0.1, -0.05) is 18.2 Å². The Morgan fingerprint density at radius 3 is 2.66 bits per heavy atom. The fraction of sp³-hybridized carbons (Fsp3) is 0.120. The Morgan fingerprint density at radius 1 is 1.20 bits per heavy atom. The maximum Gasteiger partial charge on any atom is 0.269 e. The van der Waals surface area contributed by atoms with E-state index in [1.807, 2.05) is 13.0 Å². The minimum Gasteiger partial charge on any atom is -0.494 e. The summed E-state index contributed by atoms with van der Waals surface area (Å²) >= 11 is 5.56. The second-order valence-electron chi connectivity index (χ2n) is 7.11. The molecular weight excluding hydrogens is 629 g/mol. The number of ether oxygens (including phenoxy) is 2. The van der Waals surface area contributed by atoms with Gasteiger partial charge in [-0.25, -0.2) is 0 Å². The molecule has 3 rings (SSSR count). The minimum atomic E-state index is -0.543. The maximum absolute atomic E-state index is 12.7. The van der Waals surface area contributed by atoms with Crippen molar-refractivity contribution in [3.8, 4) is 17.6 Å². The highest BCUT2D eigenvalue weighted by molar-refractivity contribution is 14.1. The van der Waals surface area contributed by atoms with Gasteiger partial charge in [0.1, 0.15) is 29.7 Å². The summed E-state index contributed by atoms with van der Waals surface area (Å²) in [4.78, 5) is 23.2. The largest absolute Gasteiger partial charge is 0.494 e. The number of hydrogen-bond donors (Lipinski definition) is 1. The van der Waals surface area contributed by atoms with Crippen molar-refractivity contribution in [2.75, 3.05) is 11.9 Å². The number of nitriles is 1. The predicted molar refractivity (Wildman–Crippen MR) is 144 cm³/mol. The molecule has 0 spiro atoms. The number of hydrogen-bond acceptors (Lipinski definition) is 6. The average Bonchev–Trinajstić information content (AvgIpc) is 2.82. The van der Waals surface area contributed by atoms with Crippen molar-refractivity contribution >= 4 is 61.9 Å². The number of benzene rings is 3. The Bertz CT molecular complexity index is 1310. The Morgan fingerprint density at radius 2 is 1.97 bits per heavy atom. The lowest BCUT2D eigenvalue weighted by molar-refractivity contribution is -0.384. The van der Waals surface area contributed by atoms with Gasteiger partial charge in [-0.3, -0.25) is 14.9 Å². The van der Waals surface area contributed by atoms with Crippen molar-refractivity contribution in [1.82, 2.24) is 0 Å². The zero-order chi connectivity index (χ0) is 25.4. The molecule has 0 aromatic heterocycles. The summed E-state index contributed by atoms with van der Waals surface area (Å²) in [5.74, 6) is 0.621. The first-order valence-corrected chi connectivity index (χ1v) is 12.2. The Balaban J connectivity index is 1.75. The van der Waals surface area contributed by atoms with E-state index in [9.17, 15) is 20.2 Å². The number of nitro groups is 1. The van der Waals surface area contributed by atoms with E-state index in [2.05, 4.69) is 43.8 Å². The highest BCUT2D eigenvalue weighted by atomic mass is 127. The molecule has 178 valence electrons. The van der Waals surface area contributed by atoms with E-state index >= 15 is 0 Å². The predicted octanol–water partition coefficient (Wildman–Crippen LogP) is 6.49. The molecule has 0 aliphatic rings. The average molecular weight is 648 g/mol. The molecule has 8 nitrogen and oxygen atoms in total. The van der Waals surface area contributed by atoms with Gasteiger partial charge >= 0.3 is 0 Å². The van der Waals surface area contributed by atoms with E-state index in [-0.39, 0.29) is 17.9 Å². The summed E-state index contributed by atoms with van der Waals surface area (Å²) in [6.45, 7) is 2.50. The number of carbonyl (C=O) groups is 1. The summed E-state index contributed by atoms with van der Waals surface area (Å²) in [7, 11) is 0. The lowest BCUT2D eigenvalue weighted by Gasteiger charge is -2.12. The minimum absolute atomic E-state index is 0.00715. The van der Waals surface area contributed by atoms with E-state index < -0.39 is 10.8 Å². The molecule has 0 fully saturated rings. The second-order valence-corrected chi connectivity index (χ2v) is 9.13. The number of carbonyl (C=O) groups excluding carboxylic acids is 1. The number of nitrogens with zero attached hydrogens (tertiary/aromatic N) is 2. The van der Waals surface area contributed by atoms with Crippen LogP contribution in [-0.4, -0.2) is 17.4 Å². The highest BCUT2D eigenvalue weighted by Gasteiger charge is 2.14. The smallest absolute Gasteiger partial charge is 0.269 e. The van der Waals surface area contributed by atoms with Gasteiger partial charge in [0, 0.05) is 23.9 Å². The molecule has 0 heterocycles. The Kier molecular flexibility index (Phi) is 9.22. The third-order valence-electron chi connectivity index (χ3n) is 4.60. The standard InChI is InChI=1S/C25H19BrIN3O5/c1-2-34-21-8-4-6-19(13-21)29-25(31)18(14-28)9-17-11-22(26)24(23(27)12-17)35-15-16-5-3-7-20(10-16)30(32)33/h3-13H,2,15H2,1H3,(H,29,31)/b18-9-. The first-order chi connectivity index (χ1) is 16.8. The fourth-order valence-electron chi connectivity index (χ4n) is 3.06. The van der Waals surface area contributed by atoms with Crippen LogP contribution < -0.4 is 14.8 Å². The van der Waals surface area contributed by atoms with Crippen molar-refractivity contribution in [2.45, 2.75) is 13.5 Å². The van der Waals surface area contributed by atoms with Crippen molar-refractivity contribution in [1.29, 1.82) is 5.26 Å². The number of nitrogens with one attached hydrogen (secondary N) is 1. The summed E-state index contributed by atoms with van der Waals surface area (Å²) in [5, 5.41) is 23.2. The first-order valence-electron chi connectivity index (χ1n) is 10.3. The number of anilines is 1. The van der Waals surface area contributed by atoms with Crippen LogP contribution >= 0.6 is 38.5 Å². The molecule has 1 amide bonds. The van der Waals surface area contributed by atoms with Gasteiger partial charge in [0.25, 0.3) is 11.6 Å². The van der Waals surface area contributed by atoms with Crippen LogP contribution in [0.4, 0.5) is 11.4 Å². The molecule has 3 aromatic rings. The second kappa shape index (κ2) is 12.3. The van der Waals surface area contributed by atoms with Crippen molar-refractivity contribution in [3.63, 3.8) is 0 Å². The van der Waals surface area contributed by atoms with Gasteiger partial charge in [-0.2, -0.15) is 5.26 Å². The Hall–Kier alpha value is -3.43. The molecule has 0 radical (unpaired) electrons. The summed E-state index contributed by atoms with van der Waals surface area (Å²) in [5.41, 5.74) is 1.72. The molecule has 3 aromatic carbocycles. The van der Waals surface area contributed by atoms with Crippen molar-refractivity contribution < 1.29 is 19.2 Å². The zero-order valence-electron chi connectivity index (χ0n) is 18.5. The molecule has 35 heavy (non-hydrogen) atoms. The van der Waals surface area contributed by atoms with Gasteiger partial charge in [0.2, 0.25) is 0 Å². The molecule has 0 aliphatic carbocycles. The van der Waals surface area contributed by atoms with Crippen LogP contribution in [0.3, 0.4) is 0 Å². The van der Waals surface area contributed by atoms with Crippen LogP contribution in [0.1, 0.15) is 18.1 Å². The van der Waals surface area contributed by atoms with Crippen molar-refractivity contribution in [3.05, 3.63) is 95.5 Å². The highest BCUT2D eigenvalue weighted by Crippen LogP contribution is 2.33. The molecule has 0 unspecified atom stereocenters. The van der Waals surface area contributed by atoms with Crippen LogP contribution in [-0.2, 0) is 11.4 Å². The van der Waals surface area contributed by atoms with Gasteiger partial charge in [0.05, 0.1) is 19.6 Å². The zero-order valence-corrected chi connectivity index (χ0v) is 22.2. The summed E-state index contributed by atoms with van der Waals surface area (Å²) in [6.07, 6.45) is 1.49. The number of rotatable bonds is 9. The van der Waals surface area contributed by atoms with Gasteiger partial charge in [0.15, 0.2) is 0 Å². The van der Waals surface area contributed by atoms with Crippen LogP contribution in [0.15, 0.2) is 70.7 Å². The lowest BCUT2D eigenvalue weighted by atomic mass is 10.1. The fourth-order valence-corrected chi connectivity index (χ4v) is 4.83. The normalized spacial score (nSPS) is 10.9. The van der Waals surface area contributed by atoms with E-state index in [1.165, 1.54) is 18.2 Å². The number of non-ortho nitro benzene ring substituents is 1. The SMILES string of the molecule is CCOc1cccc(NC(=O)/C(C#N)=C\c2cc(Br)c(OCc3cccc([N+](=O)[O-])c3)c(I)c2)c1. The summed E-state index contributed by atoms with van der Waals surface area (Å²) < 4.78 is 12.7. The van der Waals surface area contributed by atoms with E-state index in [0.29, 0.717) is 39.4 Å². The first kappa shape index (κ1) is 26.2. The van der Waals surface area contributed by atoms with Crippen LogP contribution in [0.5, 0.6) is 11.5 Å². The molecule has 0 aliphatic heterocycles. The van der Waals surface area contributed by atoms with Gasteiger partial charge in [-0.05, 0) is 86.9 Å². The molecule has 1 N–H and O–H groups in total. The third kappa shape index (κ3) is 7.27. The number of amides is 1.